The number of nitrogens with zero attached hydrogens (tertiary/aromatic N) is 2. The molecule has 8 heteroatoms. The Morgan fingerprint density at radius 2 is 2.24 bits per heavy atom. The maximum atomic E-state index is 14.0. The van der Waals surface area contributed by atoms with Crippen LogP contribution in [0.5, 0.6) is 0 Å². The number of nitrogens with two attached hydrogens (primary N) is 1. The molecule has 1 atom stereocenters. The molecule has 0 aliphatic rings. The van der Waals surface area contributed by atoms with E-state index in [1.807, 2.05) is 0 Å². The highest BCUT2D eigenvalue weighted by molar-refractivity contribution is 9.10. The zero-order chi connectivity index (χ0) is 15.4. The second-order valence-corrected chi connectivity index (χ2v) is 5.19. The van der Waals surface area contributed by atoms with Crippen LogP contribution in [0.1, 0.15) is 17.3 Å². The van der Waals surface area contributed by atoms with Gasteiger partial charge in [-0.1, -0.05) is 12.1 Å². The van der Waals surface area contributed by atoms with Crippen LogP contribution in [0.15, 0.2) is 28.9 Å². The van der Waals surface area contributed by atoms with E-state index in [0.717, 1.165) is 6.07 Å². The van der Waals surface area contributed by atoms with Gasteiger partial charge in [0, 0.05) is 12.7 Å². The number of hydrazine groups is 1. The minimum atomic E-state index is -0.938. The molecule has 21 heavy (non-hydrogen) atoms. The molecule has 5 nitrogen and oxygen atoms in total. The molecule has 114 valence electrons. The van der Waals surface area contributed by atoms with Crippen LogP contribution < -0.4 is 11.3 Å². The van der Waals surface area contributed by atoms with Gasteiger partial charge in [-0.05, 0) is 22.0 Å². The van der Waals surface area contributed by atoms with Crippen LogP contribution in [-0.2, 0) is 11.3 Å². The summed E-state index contributed by atoms with van der Waals surface area (Å²) in [5, 5.41) is 4.18. The summed E-state index contributed by atoms with van der Waals surface area (Å²) < 4.78 is 34.7. The van der Waals surface area contributed by atoms with Crippen molar-refractivity contribution in [1.29, 1.82) is 0 Å². The highest BCUT2D eigenvalue weighted by atomic mass is 79.9. The fourth-order valence-electron chi connectivity index (χ4n) is 2.07. The Balaban J connectivity index is 2.46. The number of methoxy groups -OCH3 is 1. The van der Waals surface area contributed by atoms with Gasteiger partial charge in [-0.25, -0.2) is 14.2 Å². The number of ether oxygens (including phenoxy) is 1. The summed E-state index contributed by atoms with van der Waals surface area (Å²) in [7, 11) is 1.57. The quantitative estimate of drug-likeness (QED) is 0.611. The Morgan fingerprint density at radius 1 is 1.48 bits per heavy atom. The lowest BCUT2D eigenvalue weighted by Gasteiger charge is -2.19. The summed E-state index contributed by atoms with van der Waals surface area (Å²) in [6.45, 7) is 0.899. The van der Waals surface area contributed by atoms with Crippen molar-refractivity contribution in [1.82, 2.24) is 15.2 Å². The summed E-state index contributed by atoms with van der Waals surface area (Å²) in [6.07, 6.45) is 1.58. The number of hydrogen-bond acceptors (Lipinski definition) is 4. The van der Waals surface area contributed by atoms with Gasteiger partial charge in [0.2, 0.25) is 0 Å². The number of aromatic nitrogens is 2. The number of halogens is 3. The van der Waals surface area contributed by atoms with E-state index in [-0.39, 0.29) is 5.56 Å². The van der Waals surface area contributed by atoms with Gasteiger partial charge in [0.15, 0.2) is 11.6 Å². The van der Waals surface area contributed by atoms with Gasteiger partial charge in [-0.3, -0.25) is 10.5 Å². The molecule has 2 rings (SSSR count). The van der Waals surface area contributed by atoms with E-state index in [2.05, 4.69) is 26.5 Å². The first-order chi connectivity index (χ1) is 10.1. The molecular formula is C13H15BrF2N4O. The third-order valence-corrected chi connectivity index (χ3v) is 3.68. The molecule has 1 aromatic heterocycles. The fourth-order valence-corrected chi connectivity index (χ4v) is 2.60. The maximum Gasteiger partial charge on any atom is 0.164 e. The van der Waals surface area contributed by atoms with Crippen LogP contribution >= 0.6 is 15.9 Å². The van der Waals surface area contributed by atoms with Gasteiger partial charge in [0.1, 0.15) is 0 Å². The Morgan fingerprint density at radius 3 is 2.90 bits per heavy atom. The van der Waals surface area contributed by atoms with Crippen molar-refractivity contribution in [3.63, 3.8) is 0 Å². The minimum absolute atomic E-state index is 0.109. The molecule has 2 aromatic rings. The Bertz CT molecular complexity index is 620. The topological polar surface area (TPSA) is 65.1 Å². The third-order valence-electron chi connectivity index (χ3n) is 3.07. The largest absolute Gasteiger partial charge is 0.383 e. The molecule has 0 aliphatic carbocycles. The predicted octanol–water partition coefficient (Wildman–Crippen LogP) is 2.12. The normalized spacial score (nSPS) is 12.6. The average molecular weight is 361 g/mol. The SMILES string of the molecule is COCCn1ncc(Br)c1C(NN)c1cccc(F)c1F. The van der Waals surface area contributed by atoms with E-state index in [1.165, 1.54) is 12.1 Å². The minimum Gasteiger partial charge on any atom is -0.383 e. The first kappa shape index (κ1) is 16.0. The smallest absolute Gasteiger partial charge is 0.164 e. The van der Waals surface area contributed by atoms with Crippen molar-refractivity contribution in [2.24, 2.45) is 5.84 Å². The number of hydrogen-bond donors (Lipinski definition) is 2. The maximum absolute atomic E-state index is 14.0. The van der Waals surface area contributed by atoms with Crippen molar-refractivity contribution in [2.45, 2.75) is 12.6 Å². The highest BCUT2D eigenvalue weighted by Crippen LogP contribution is 2.30. The lowest BCUT2D eigenvalue weighted by Crippen LogP contribution is -2.32. The van der Waals surface area contributed by atoms with Crippen LogP contribution in [-0.4, -0.2) is 23.5 Å². The van der Waals surface area contributed by atoms with Crippen molar-refractivity contribution >= 4 is 15.9 Å². The first-order valence-corrected chi connectivity index (χ1v) is 6.99. The Hall–Kier alpha value is -1.35. The molecule has 0 fully saturated rings. The summed E-state index contributed by atoms with van der Waals surface area (Å²) in [5.74, 6) is 3.69. The van der Waals surface area contributed by atoms with Crippen LogP contribution in [0, 0.1) is 11.6 Å². The van der Waals surface area contributed by atoms with E-state index in [0.29, 0.717) is 23.3 Å². The summed E-state index contributed by atoms with van der Waals surface area (Å²) in [4.78, 5) is 0. The highest BCUT2D eigenvalue weighted by Gasteiger charge is 2.24. The summed E-state index contributed by atoms with van der Waals surface area (Å²) in [5.41, 5.74) is 3.21. The number of benzene rings is 1. The summed E-state index contributed by atoms with van der Waals surface area (Å²) in [6, 6.07) is 3.23. The van der Waals surface area contributed by atoms with Gasteiger partial charge >= 0.3 is 0 Å². The van der Waals surface area contributed by atoms with Gasteiger partial charge in [0.25, 0.3) is 0 Å². The molecule has 0 bridgehead atoms. The molecule has 1 unspecified atom stereocenters. The predicted molar refractivity (Wildman–Crippen MR) is 77.3 cm³/mol. The standard InChI is InChI=1S/C13H15BrF2N4O/c1-21-6-5-20-13(9(14)7-18-20)12(19-17)8-3-2-4-10(15)11(8)16/h2-4,7,12,19H,5-6,17H2,1H3. The molecule has 1 aromatic carbocycles. The zero-order valence-electron chi connectivity index (χ0n) is 11.3. The Kier molecular flexibility index (Phi) is 5.40. The molecule has 0 amide bonds. The number of nitrogens with one attached hydrogen (secondary N) is 1. The van der Waals surface area contributed by atoms with Crippen LogP contribution in [0.3, 0.4) is 0 Å². The van der Waals surface area contributed by atoms with Gasteiger partial charge in [-0.15, -0.1) is 0 Å². The van der Waals surface area contributed by atoms with Crippen LogP contribution in [0.25, 0.3) is 0 Å². The fraction of sp³-hybridized carbons (Fsp3) is 0.308. The van der Waals surface area contributed by atoms with Crippen molar-refractivity contribution in [3.05, 3.63) is 51.8 Å². The molecule has 1 heterocycles. The van der Waals surface area contributed by atoms with Crippen LogP contribution in [0.2, 0.25) is 0 Å². The summed E-state index contributed by atoms with van der Waals surface area (Å²) >= 11 is 3.35. The van der Waals surface area contributed by atoms with Gasteiger partial charge in [0.05, 0.1) is 35.6 Å². The second kappa shape index (κ2) is 7.08. The van der Waals surface area contributed by atoms with E-state index in [4.69, 9.17) is 10.6 Å². The Labute approximate surface area is 129 Å². The molecule has 0 aliphatic heterocycles. The third kappa shape index (κ3) is 3.29. The average Bonchev–Trinajstić information content (AvgIpc) is 2.83. The van der Waals surface area contributed by atoms with E-state index < -0.39 is 17.7 Å². The van der Waals surface area contributed by atoms with Gasteiger partial charge < -0.3 is 4.74 Å². The van der Waals surface area contributed by atoms with Gasteiger partial charge in [-0.2, -0.15) is 5.10 Å². The van der Waals surface area contributed by atoms with E-state index in [9.17, 15) is 8.78 Å². The van der Waals surface area contributed by atoms with Crippen molar-refractivity contribution in [2.75, 3.05) is 13.7 Å². The molecule has 0 radical (unpaired) electrons. The molecule has 0 saturated heterocycles. The lowest BCUT2D eigenvalue weighted by molar-refractivity contribution is 0.182. The van der Waals surface area contributed by atoms with Crippen molar-refractivity contribution in [3.8, 4) is 0 Å². The van der Waals surface area contributed by atoms with Crippen LogP contribution in [0.4, 0.5) is 8.78 Å². The molecule has 0 saturated carbocycles. The lowest BCUT2D eigenvalue weighted by atomic mass is 10.0. The van der Waals surface area contributed by atoms with E-state index >= 15 is 0 Å². The van der Waals surface area contributed by atoms with Crippen molar-refractivity contribution < 1.29 is 13.5 Å². The van der Waals surface area contributed by atoms with E-state index in [1.54, 1.807) is 18.0 Å². The second-order valence-electron chi connectivity index (χ2n) is 4.34. The number of rotatable bonds is 6. The molecule has 0 spiro atoms. The molecule has 3 N–H and O–H groups in total. The first-order valence-electron chi connectivity index (χ1n) is 6.20. The monoisotopic (exact) mass is 360 g/mol. The molecular weight excluding hydrogens is 346 g/mol. The zero-order valence-corrected chi connectivity index (χ0v) is 12.9.